The number of rotatable bonds is 3. The van der Waals surface area contributed by atoms with Crippen LogP contribution in [0.25, 0.3) is 0 Å². The standard InChI is InChI=1S/C12H8ClF3N2OS/c1-20-8-4-2-7(3-5-8)19-10-6-9(13)17-11(18-10)12(14,15)16/h2-6H,1H3. The predicted octanol–water partition coefficient (Wildman–Crippen LogP) is 4.66. The van der Waals surface area contributed by atoms with Gasteiger partial charge in [-0.2, -0.15) is 18.2 Å². The Balaban J connectivity index is 2.26. The van der Waals surface area contributed by atoms with Crippen LogP contribution in [0.1, 0.15) is 5.82 Å². The van der Waals surface area contributed by atoms with Crippen LogP contribution >= 0.6 is 23.4 Å². The molecule has 0 radical (unpaired) electrons. The van der Waals surface area contributed by atoms with E-state index in [4.69, 9.17) is 16.3 Å². The van der Waals surface area contributed by atoms with Gasteiger partial charge < -0.3 is 4.74 Å². The Morgan fingerprint density at radius 3 is 2.35 bits per heavy atom. The first-order valence-corrected chi connectivity index (χ1v) is 6.92. The number of thioether (sulfide) groups is 1. The van der Waals surface area contributed by atoms with Gasteiger partial charge in [0.1, 0.15) is 10.9 Å². The molecule has 1 aromatic heterocycles. The molecule has 2 aromatic rings. The molecule has 0 saturated heterocycles. The monoisotopic (exact) mass is 320 g/mol. The first-order valence-electron chi connectivity index (χ1n) is 5.32. The number of ether oxygens (including phenoxy) is 1. The molecule has 0 atom stereocenters. The number of hydrogen-bond donors (Lipinski definition) is 0. The van der Waals surface area contributed by atoms with Crippen LogP contribution in [0.3, 0.4) is 0 Å². The van der Waals surface area contributed by atoms with Crippen LogP contribution < -0.4 is 4.74 Å². The Morgan fingerprint density at radius 1 is 1.15 bits per heavy atom. The number of nitrogens with zero attached hydrogens (tertiary/aromatic N) is 2. The molecule has 0 amide bonds. The lowest BCUT2D eigenvalue weighted by atomic mass is 10.3. The van der Waals surface area contributed by atoms with Gasteiger partial charge in [-0.05, 0) is 30.5 Å². The molecular formula is C12H8ClF3N2OS. The van der Waals surface area contributed by atoms with Crippen LogP contribution in [0.5, 0.6) is 11.6 Å². The van der Waals surface area contributed by atoms with E-state index in [1.807, 2.05) is 6.26 Å². The van der Waals surface area contributed by atoms with Gasteiger partial charge in [-0.25, -0.2) is 4.98 Å². The topological polar surface area (TPSA) is 35.0 Å². The van der Waals surface area contributed by atoms with Crippen molar-refractivity contribution in [2.45, 2.75) is 11.1 Å². The molecule has 0 aliphatic carbocycles. The molecule has 0 spiro atoms. The summed E-state index contributed by atoms with van der Waals surface area (Å²) < 4.78 is 42.9. The normalized spacial score (nSPS) is 11.4. The van der Waals surface area contributed by atoms with Gasteiger partial charge in [0, 0.05) is 11.0 Å². The van der Waals surface area contributed by atoms with Crippen molar-refractivity contribution in [2.24, 2.45) is 0 Å². The Hall–Kier alpha value is -1.47. The molecule has 3 nitrogen and oxygen atoms in total. The van der Waals surface area contributed by atoms with Crippen LogP contribution in [-0.4, -0.2) is 16.2 Å². The van der Waals surface area contributed by atoms with Crippen molar-refractivity contribution >= 4 is 23.4 Å². The van der Waals surface area contributed by atoms with E-state index in [-0.39, 0.29) is 11.0 Å². The quantitative estimate of drug-likeness (QED) is 0.608. The maximum absolute atomic E-state index is 12.5. The fraction of sp³-hybridized carbons (Fsp3) is 0.167. The fourth-order valence-electron chi connectivity index (χ4n) is 1.34. The molecule has 0 aliphatic rings. The van der Waals surface area contributed by atoms with Gasteiger partial charge in [0.05, 0.1) is 0 Å². The summed E-state index contributed by atoms with van der Waals surface area (Å²) in [7, 11) is 0. The molecule has 0 aliphatic heterocycles. The zero-order valence-electron chi connectivity index (χ0n) is 10.1. The van der Waals surface area contributed by atoms with Crippen LogP contribution in [0, 0.1) is 0 Å². The summed E-state index contributed by atoms with van der Waals surface area (Å²) in [6, 6.07) is 7.96. The summed E-state index contributed by atoms with van der Waals surface area (Å²) in [5.41, 5.74) is 0. The number of benzene rings is 1. The van der Waals surface area contributed by atoms with E-state index in [1.165, 1.54) is 0 Å². The second-order valence-corrected chi connectivity index (χ2v) is 4.89. The average molecular weight is 321 g/mol. The molecule has 2 rings (SSSR count). The summed E-state index contributed by atoms with van der Waals surface area (Å²) in [5.74, 6) is -1.22. The highest BCUT2D eigenvalue weighted by Crippen LogP contribution is 2.30. The largest absolute Gasteiger partial charge is 0.451 e. The van der Waals surface area contributed by atoms with Gasteiger partial charge in [0.15, 0.2) is 0 Å². The summed E-state index contributed by atoms with van der Waals surface area (Å²) >= 11 is 7.08. The smallest absolute Gasteiger partial charge is 0.439 e. The van der Waals surface area contributed by atoms with Crippen molar-refractivity contribution in [3.8, 4) is 11.6 Å². The summed E-state index contributed by atoms with van der Waals surface area (Å²) in [6.45, 7) is 0. The highest BCUT2D eigenvalue weighted by atomic mass is 35.5. The number of alkyl halides is 3. The van der Waals surface area contributed by atoms with E-state index in [0.717, 1.165) is 11.0 Å². The lowest BCUT2D eigenvalue weighted by Crippen LogP contribution is -2.11. The van der Waals surface area contributed by atoms with Crippen molar-refractivity contribution in [3.05, 3.63) is 41.3 Å². The second-order valence-electron chi connectivity index (χ2n) is 3.63. The highest BCUT2D eigenvalue weighted by molar-refractivity contribution is 7.98. The van der Waals surface area contributed by atoms with Crippen LogP contribution in [0.15, 0.2) is 35.2 Å². The van der Waals surface area contributed by atoms with E-state index in [1.54, 1.807) is 36.0 Å². The van der Waals surface area contributed by atoms with E-state index < -0.39 is 12.0 Å². The van der Waals surface area contributed by atoms with Crippen LogP contribution in [0.4, 0.5) is 13.2 Å². The van der Waals surface area contributed by atoms with E-state index >= 15 is 0 Å². The third kappa shape index (κ3) is 3.77. The minimum Gasteiger partial charge on any atom is -0.439 e. The predicted molar refractivity (Wildman–Crippen MR) is 70.3 cm³/mol. The first kappa shape index (κ1) is 14.9. The van der Waals surface area contributed by atoms with Gasteiger partial charge in [0.25, 0.3) is 0 Å². The average Bonchev–Trinajstić information content (AvgIpc) is 2.38. The molecule has 0 fully saturated rings. The zero-order chi connectivity index (χ0) is 14.8. The lowest BCUT2D eigenvalue weighted by Gasteiger charge is -2.09. The molecule has 20 heavy (non-hydrogen) atoms. The van der Waals surface area contributed by atoms with E-state index in [0.29, 0.717) is 5.75 Å². The fourth-order valence-corrected chi connectivity index (χ4v) is 1.92. The van der Waals surface area contributed by atoms with Gasteiger partial charge in [-0.15, -0.1) is 11.8 Å². The third-order valence-corrected chi connectivity index (χ3v) is 3.14. The molecule has 0 bridgehead atoms. The van der Waals surface area contributed by atoms with Crippen LogP contribution in [-0.2, 0) is 6.18 Å². The third-order valence-electron chi connectivity index (χ3n) is 2.21. The summed E-state index contributed by atoms with van der Waals surface area (Å²) in [6.07, 6.45) is -2.76. The second kappa shape index (κ2) is 5.88. The van der Waals surface area contributed by atoms with Crippen molar-refractivity contribution in [2.75, 3.05) is 6.26 Å². The summed E-state index contributed by atoms with van der Waals surface area (Å²) in [5, 5.41) is -0.331. The maximum atomic E-state index is 12.5. The van der Waals surface area contributed by atoms with Gasteiger partial charge >= 0.3 is 6.18 Å². The molecule has 0 unspecified atom stereocenters. The molecule has 8 heteroatoms. The first-order chi connectivity index (χ1) is 9.38. The van der Waals surface area contributed by atoms with E-state index in [9.17, 15) is 13.2 Å². The molecule has 0 N–H and O–H groups in total. The van der Waals surface area contributed by atoms with Gasteiger partial charge in [-0.3, -0.25) is 0 Å². The van der Waals surface area contributed by atoms with Crippen LogP contribution in [0.2, 0.25) is 5.15 Å². The molecule has 1 aromatic carbocycles. The Kier molecular flexibility index (Phi) is 4.39. The summed E-state index contributed by atoms with van der Waals surface area (Å²) in [4.78, 5) is 7.42. The van der Waals surface area contributed by atoms with Crippen molar-refractivity contribution < 1.29 is 17.9 Å². The maximum Gasteiger partial charge on any atom is 0.451 e. The Morgan fingerprint density at radius 2 is 1.80 bits per heavy atom. The van der Waals surface area contributed by atoms with Crippen molar-refractivity contribution in [1.82, 2.24) is 9.97 Å². The highest BCUT2D eigenvalue weighted by Gasteiger charge is 2.35. The Labute approximate surface area is 122 Å². The van der Waals surface area contributed by atoms with Gasteiger partial charge in [0.2, 0.25) is 11.7 Å². The number of halogens is 4. The van der Waals surface area contributed by atoms with Crippen molar-refractivity contribution in [3.63, 3.8) is 0 Å². The Bertz CT molecular complexity index is 605. The number of hydrogen-bond acceptors (Lipinski definition) is 4. The minimum atomic E-state index is -4.67. The molecule has 106 valence electrons. The molecule has 0 saturated carbocycles. The molecule has 1 heterocycles. The zero-order valence-corrected chi connectivity index (χ0v) is 11.7. The van der Waals surface area contributed by atoms with E-state index in [2.05, 4.69) is 9.97 Å². The van der Waals surface area contributed by atoms with Gasteiger partial charge in [-0.1, -0.05) is 11.6 Å². The minimum absolute atomic E-state index is 0.255. The SMILES string of the molecule is CSc1ccc(Oc2cc(Cl)nc(C(F)(F)F)n2)cc1. The van der Waals surface area contributed by atoms with Crippen molar-refractivity contribution in [1.29, 1.82) is 0 Å². The number of aromatic nitrogens is 2. The molecular weight excluding hydrogens is 313 g/mol. The lowest BCUT2D eigenvalue weighted by molar-refractivity contribution is -0.145.